The number of aryl methyl sites for hydroxylation is 3. The molecule has 92 valence electrons. The molecule has 0 aliphatic carbocycles. The molecule has 6 nitrogen and oxygen atoms in total. The summed E-state index contributed by atoms with van der Waals surface area (Å²) >= 11 is 0. The highest BCUT2D eigenvalue weighted by molar-refractivity contribution is 5.70. The van der Waals surface area contributed by atoms with Gasteiger partial charge in [-0.05, 0) is 6.42 Å². The predicted molar refractivity (Wildman–Crippen MR) is 65.3 cm³/mol. The molecule has 0 atom stereocenters. The van der Waals surface area contributed by atoms with Crippen LogP contribution in [0.3, 0.4) is 0 Å². The molecule has 17 heavy (non-hydrogen) atoms. The van der Waals surface area contributed by atoms with Crippen LogP contribution < -0.4 is 11.2 Å². The SMILES string of the molecule is CCCn1c(CC)nc2c1c(=O)[nH]c(=O)n2C. The lowest BCUT2D eigenvalue weighted by atomic mass is 10.4. The number of aromatic nitrogens is 4. The normalized spacial score (nSPS) is 11.2. The molecular formula is C11H16N4O2. The summed E-state index contributed by atoms with van der Waals surface area (Å²) in [6.45, 7) is 4.77. The van der Waals surface area contributed by atoms with E-state index >= 15 is 0 Å². The molecule has 0 fully saturated rings. The van der Waals surface area contributed by atoms with Crippen LogP contribution in [0.2, 0.25) is 0 Å². The van der Waals surface area contributed by atoms with E-state index in [9.17, 15) is 9.59 Å². The van der Waals surface area contributed by atoms with Gasteiger partial charge in [-0.3, -0.25) is 14.3 Å². The second kappa shape index (κ2) is 4.20. The number of rotatable bonds is 3. The number of nitrogens with one attached hydrogen (secondary N) is 1. The third-order valence-electron chi connectivity index (χ3n) is 2.85. The molecule has 0 spiro atoms. The zero-order valence-corrected chi connectivity index (χ0v) is 10.3. The molecule has 6 heteroatoms. The average Bonchev–Trinajstić information content (AvgIpc) is 2.66. The highest BCUT2D eigenvalue weighted by Gasteiger charge is 2.15. The molecule has 0 aliphatic heterocycles. The van der Waals surface area contributed by atoms with Crippen molar-refractivity contribution < 1.29 is 0 Å². The third-order valence-corrected chi connectivity index (χ3v) is 2.85. The van der Waals surface area contributed by atoms with E-state index in [0.29, 0.717) is 11.2 Å². The Hall–Kier alpha value is -1.85. The summed E-state index contributed by atoms with van der Waals surface area (Å²) < 4.78 is 3.27. The number of H-pyrrole nitrogens is 1. The minimum Gasteiger partial charge on any atom is -0.322 e. The summed E-state index contributed by atoms with van der Waals surface area (Å²) in [5, 5.41) is 0. The van der Waals surface area contributed by atoms with Gasteiger partial charge in [-0.15, -0.1) is 0 Å². The van der Waals surface area contributed by atoms with Crippen LogP contribution in [0, 0.1) is 0 Å². The Morgan fingerprint density at radius 3 is 2.59 bits per heavy atom. The first-order chi connectivity index (χ1) is 8.10. The van der Waals surface area contributed by atoms with Gasteiger partial charge in [0, 0.05) is 20.0 Å². The van der Waals surface area contributed by atoms with Crippen LogP contribution in [0.1, 0.15) is 26.1 Å². The Morgan fingerprint density at radius 2 is 2.00 bits per heavy atom. The maximum absolute atomic E-state index is 11.8. The summed E-state index contributed by atoms with van der Waals surface area (Å²) in [5.41, 5.74) is 0.171. The number of fused-ring (bicyclic) bond motifs is 1. The summed E-state index contributed by atoms with van der Waals surface area (Å²) in [5.74, 6) is 0.841. The fourth-order valence-corrected chi connectivity index (χ4v) is 2.01. The molecular weight excluding hydrogens is 220 g/mol. The second-order valence-electron chi connectivity index (χ2n) is 4.02. The maximum atomic E-state index is 11.8. The number of hydrogen-bond acceptors (Lipinski definition) is 3. The molecule has 2 heterocycles. The van der Waals surface area contributed by atoms with Gasteiger partial charge in [0.25, 0.3) is 5.56 Å². The van der Waals surface area contributed by atoms with Crippen molar-refractivity contribution in [3.63, 3.8) is 0 Å². The number of nitrogens with zero attached hydrogens (tertiary/aromatic N) is 3. The van der Waals surface area contributed by atoms with E-state index in [2.05, 4.69) is 9.97 Å². The Labute approximate surface area is 97.9 Å². The van der Waals surface area contributed by atoms with Gasteiger partial charge in [0.2, 0.25) is 0 Å². The van der Waals surface area contributed by atoms with Crippen molar-refractivity contribution in [3.05, 3.63) is 26.7 Å². The van der Waals surface area contributed by atoms with Crippen molar-refractivity contribution in [2.75, 3.05) is 0 Å². The van der Waals surface area contributed by atoms with E-state index in [1.807, 2.05) is 18.4 Å². The van der Waals surface area contributed by atoms with E-state index in [0.717, 1.165) is 25.2 Å². The monoisotopic (exact) mass is 236 g/mol. The fourth-order valence-electron chi connectivity index (χ4n) is 2.01. The number of imidazole rings is 1. The Morgan fingerprint density at radius 1 is 1.29 bits per heavy atom. The summed E-state index contributed by atoms with van der Waals surface area (Å²) in [4.78, 5) is 30.0. The first kappa shape index (κ1) is 11.6. The van der Waals surface area contributed by atoms with Gasteiger partial charge in [0.15, 0.2) is 11.2 Å². The third kappa shape index (κ3) is 1.69. The predicted octanol–water partition coefficient (Wildman–Crippen LogP) is 0.396. The molecule has 2 aromatic heterocycles. The van der Waals surface area contributed by atoms with E-state index < -0.39 is 5.69 Å². The molecule has 1 N–H and O–H groups in total. The van der Waals surface area contributed by atoms with Gasteiger partial charge in [-0.2, -0.15) is 0 Å². The molecule has 2 rings (SSSR count). The second-order valence-corrected chi connectivity index (χ2v) is 4.02. The van der Waals surface area contributed by atoms with E-state index in [-0.39, 0.29) is 5.56 Å². The number of hydrogen-bond donors (Lipinski definition) is 1. The Kier molecular flexibility index (Phi) is 2.87. The lowest BCUT2D eigenvalue weighted by molar-refractivity contribution is 0.657. The van der Waals surface area contributed by atoms with Crippen LogP contribution in [0.25, 0.3) is 11.2 Å². The molecule has 0 aromatic carbocycles. The lowest BCUT2D eigenvalue weighted by Crippen LogP contribution is -2.29. The van der Waals surface area contributed by atoms with Crippen molar-refractivity contribution in [1.82, 2.24) is 19.1 Å². The largest absolute Gasteiger partial charge is 0.329 e. The van der Waals surface area contributed by atoms with Crippen LogP contribution in [-0.4, -0.2) is 19.1 Å². The lowest BCUT2D eigenvalue weighted by Gasteiger charge is -2.04. The fraction of sp³-hybridized carbons (Fsp3) is 0.545. The van der Waals surface area contributed by atoms with Crippen LogP contribution in [0.15, 0.2) is 9.59 Å². The van der Waals surface area contributed by atoms with Crippen LogP contribution in [0.5, 0.6) is 0 Å². The molecule has 2 aromatic rings. The van der Waals surface area contributed by atoms with Gasteiger partial charge in [0.1, 0.15) is 5.82 Å². The summed E-state index contributed by atoms with van der Waals surface area (Å²) in [6.07, 6.45) is 1.66. The topological polar surface area (TPSA) is 72.7 Å². The summed E-state index contributed by atoms with van der Waals surface area (Å²) in [6, 6.07) is 0. The zero-order valence-electron chi connectivity index (χ0n) is 10.3. The highest BCUT2D eigenvalue weighted by atomic mass is 16.2. The van der Waals surface area contributed by atoms with Crippen molar-refractivity contribution in [2.24, 2.45) is 7.05 Å². The minimum atomic E-state index is -0.425. The molecule has 0 aliphatic rings. The summed E-state index contributed by atoms with van der Waals surface area (Å²) in [7, 11) is 1.61. The van der Waals surface area contributed by atoms with E-state index in [1.165, 1.54) is 4.57 Å². The minimum absolute atomic E-state index is 0.358. The van der Waals surface area contributed by atoms with E-state index in [1.54, 1.807) is 7.05 Å². The van der Waals surface area contributed by atoms with Gasteiger partial charge >= 0.3 is 5.69 Å². The van der Waals surface area contributed by atoms with Crippen LogP contribution in [0.4, 0.5) is 0 Å². The van der Waals surface area contributed by atoms with Crippen LogP contribution in [-0.2, 0) is 20.0 Å². The molecule has 0 amide bonds. The molecule has 0 saturated carbocycles. The quantitative estimate of drug-likeness (QED) is 0.838. The van der Waals surface area contributed by atoms with Gasteiger partial charge in [0.05, 0.1) is 0 Å². The van der Waals surface area contributed by atoms with Crippen molar-refractivity contribution in [3.8, 4) is 0 Å². The van der Waals surface area contributed by atoms with Gasteiger partial charge in [-0.1, -0.05) is 13.8 Å². The maximum Gasteiger partial charge on any atom is 0.329 e. The van der Waals surface area contributed by atoms with E-state index in [4.69, 9.17) is 0 Å². The Balaban J connectivity index is 2.92. The van der Waals surface area contributed by atoms with Crippen molar-refractivity contribution in [2.45, 2.75) is 33.2 Å². The number of aromatic amines is 1. The average molecular weight is 236 g/mol. The van der Waals surface area contributed by atoms with Gasteiger partial charge in [-0.25, -0.2) is 9.78 Å². The van der Waals surface area contributed by atoms with Crippen molar-refractivity contribution >= 4 is 11.2 Å². The molecule has 0 radical (unpaired) electrons. The first-order valence-corrected chi connectivity index (χ1v) is 5.78. The molecule has 0 saturated heterocycles. The zero-order chi connectivity index (χ0) is 12.6. The first-order valence-electron chi connectivity index (χ1n) is 5.78. The standard InChI is InChI=1S/C11H16N4O2/c1-4-6-15-7(5-2)12-9-8(15)10(16)13-11(17)14(9)3/h4-6H2,1-3H3,(H,13,16,17). The highest BCUT2D eigenvalue weighted by Crippen LogP contribution is 2.11. The Bertz CT molecular complexity index is 662. The molecule has 0 unspecified atom stereocenters. The molecule has 0 bridgehead atoms. The smallest absolute Gasteiger partial charge is 0.322 e. The van der Waals surface area contributed by atoms with Gasteiger partial charge < -0.3 is 4.57 Å². The van der Waals surface area contributed by atoms with Crippen LogP contribution >= 0.6 is 0 Å². The van der Waals surface area contributed by atoms with Crippen molar-refractivity contribution in [1.29, 1.82) is 0 Å².